The Hall–Kier alpha value is -4.34. The van der Waals surface area contributed by atoms with Gasteiger partial charge in [0.15, 0.2) is 0 Å². The third-order valence-electron chi connectivity index (χ3n) is 5.72. The van der Waals surface area contributed by atoms with Crippen molar-refractivity contribution in [2.75, 3.05) is 13.0 Å². The van der Waals surface area contributed by atoms with Gasteiger partial charge in [-0.05, 0) is 55.7 Å². The number of hydrogen-bond donors (Lipinski definition) is 1. The Bertz CT molecular complexity index is 1480. The number of benzene rings is 2. The van der Waals surface area contributed by atoms with Gasteiger partial charge in [0.25, 0.3) is 0 Å². The number of nitrogen functional groups attached to an aromatic ring is 1. The molecule has 196 valence electrons. The fourth-order valence-corrected chi connectivity index (χ4v) is 3.76. The van der Waals surface area contributed by atoms with Crippen LogP contribution in [0.3, 0.4) is 0 Å². The highest BCUT2D eigenvalue weighted by Crippen LogP contribution is 2.24. The van der Waals surface area contributed by atoms with Crippen molar-refractivity contribution in [1.29, 1.82) is 0 Å². The van der Waals surface area contributed by atoms with Gasteiger partial charge in [0.1, 0.15) is 5.75 Å². The maximum atomic E-state index is 13.6. The number of carbonyl (C=O) groups excluding carboxylic acids is 1. The summed E-state index contributed by atoms with van der Waals surface area (Å²) in [4.78, 5) is 43.2. The van der Waals surface area contributed by atoms with E-state index in [1.165, 1.54) is 11.7 Å². The molecule has 1 heterocycles. The standard InChI is InChI=1S/C27H33N5O5/c1-7-20-8-10-21(11-9-20)16-30-25(29-22-12-13-23(18(4)14-22)37-17(2)3)32(28)27(35)31(26(30)34)15-19(5)24(33)36-6/h7-14,17,19H,1,15-16,28H2,2-6H3/t19-/m0/s1. The van der Waals surface area contributed by atoms with E-state index in [1.54, 1.807) is 31.2 Å². The molecule has 1 aromatic heterocycles. The van der Waals surface area contributed by atoms with Crippen LogP contribution < -0.4 is 27.6 Å². The van der Waals surface area contributed by atoms with E-state index in [0.717, 1.165) is 25.9 Å². The Morgan fingerprint density at radius 2 is 1.76 bits per heavy atom. The van der Waals surface area contributed by atoms with E-state index in [9.17, 15) is 14.4 Å². The number of hydrogen-bond acceptors (Lipinski definition) is 7. The van der Waals surface area contributed by atoms with E-state index in [-0.39, 0.29) is 24.8 Å². The lowest BCUT2D eigenvalue weighted by atomic mass is 10.1. The lowest BCUT2D eigenvalue weighted by molar-refractivity contribution is -0.145. The van der Waals surface area contributed by atoms with Crippen molar-refractivity contribution in [1.82, 2.24) is 13.8 Å². The van der Waals surface area contributed by atoms with E-state index in [0.29, 0.717) is 11.4 Å². The van der Waals surface area contributed by atoms with Gasteiger partial charge < -0.3 is 15.3 Å². The minimum atomic E-state index is -0.797. The van der Waals surface area contributed by atoms with Gasteiger partial charge in [-0.15, -0.1) is 0 Å². The Balaban J connectivity index is 2.22. The van der Waals surface area contributed by atoms with Crippen LogP contribution >= 0.6 is 0 Å². The highest BCUT2D eigenvalue weighted by atomic mass is 16.5. The van der Waals surface area contributed by atoms with Crippen LogP contribution in [0.25, 0.3) is 6.08 Å². The summed E-state index contributed by atoms with van der Waals surface area (Å²) in [6, 6.07) is 12.7. The molecule has 1 atom stereocenters. The van der Waals surface area contributed by atoms with E-state index in [2.05, 4.69) is 11.6 Å². The van der Waals surface area contributed by atoms with Crippen molar-refractivity contribution in [3.63, 3.8) is 0 Å². The predicted molar refractivity (Wildman–Crippen MR) is 142 cm³/mol. The van der Waals surface area contributed by atoms with Crippen molar-refractivity contribution in [2.45, 2.75) is 46.9 Å². The summed E-state index contributed by atoms with van der Waals surface area (Å²) in [5.41, 5.74) is 1.55. The number of nitrogens with two attached hydrogens (primary N) is 1. The molecule has 10 heteroatoms. The first kappa shape index (κ1) is 27.3. The molecule has 0 aliphatic carbocycles. The zero-order valence-corrected chi connectivity index (χ0v) is 21.8. The second-order valence-electron chi connectivity index (χ2n) is 9.03. The topological polar surface area (TPSA) is 123 Å². The molecule has 0 unspecified atom stereocenters. The quantitative estimate of drug-likeness (QED) is 0.350. The van der Waals surface area contributed by atoms with Gasteiger partial charge in [-0.25, -0.2) is 19.1 Å². The van der Waals surface area contributed by atoms with Crippen LogP contribution in [0.4, 0.5) is 5.69 Å². The molecule has 0 saturated carbocycles. The Morgan fingerprint density at radius 3 is 2.32 bits per heavy atom. The SMILES string of the molecule is C=Cc1ccc(Cn2c(=Nc3ccc(OC(C)C)c(C)c3)n(N)c(=O)n(C[C@H](C)C(=O)OC)c2=O)cc1. The minimum absolute atomic E-state index is 0.00492. The van der Waals surface area contributed by atoms with Crippen molar-refractivity contribution >= 4 is 17.7 Å². The van der Waals surface area contributed by atoms with Gasteiger partial charge in [-0.3, -0.25) is 9.36 Å². The first-order chi connectivity index (χ1) is 17.5. The van der Waals surface area contributed by atoms with E-state index < -0.39 is 23.3 Å². The van der Waals surface area contributed by atoms with E-state index >= 15 is 0 Å². The van der Waals surface area contributed by atoms with Gasteiger partial charge in [0, 0.05) is 6.54 Å². The molecule has 0 fully saturated rings. The summed E-state index contributed by atoms with van der Waals surface area (Å²) in [5, 5.41) is 0. The Kier molecular flexibility index (Phi) is 8.54. The normalized spacial score (nSPS) is 12.4. The average molecular weight is 508 g/mol. The molecule has 0 spiro atoms. The lowest BCUT2D eigenvalue weighted by Gasteiger charge is -2.16. The first-order valence-corrected chi connectivity index (χ1v) is 11.9. The highest BCUT2D eigenvalue weighted by Gasteiger charge is 2.20. The third-order valence-corrected chi connectivity index (χ3v) is 5.72. The molecule has 2 aromatic carbocycles. The minimum Gasteiger partial charge on any atom is -0.491 e. The maximum absolute atomic E-state index is 13.6. The zero-order chi connectivity index (χ0) is 27.3. The van der Waals surface area contributed by atoms with Crippen LogP contribution in [0.1, 0.15) is 37.5 Å². The zero-order valence-electron chi connectivity index (χ0n) is 21.8. The van der Waals surface area contributed by atoms with Gasteiger partial charge >= 0.3 is 17.3 Å². The molecular weight excluding hydrogens is 474 g/mol. The molecule has 10 nitrogen and oxygen atoms in total. The summed E-state index contributed by atoms with van der Waals surface area (Å²) < 4.78 is 13.6. The number of nitrogens with zero attached hydrogens (tertiary/aromatic N) is 4. The van der Waals surface area contributed by atoms with Crippen molar-refractivity contribution < 1.29 is 14.3 Å². The largest absolute Gasteiger partial charge is 0.491 e. The summed E-state index contributed by atoms with van der Waals surface area (Å²) >= 11 is 0. The fourth-order valence-electron chi connectivity index (χ4n) is 3.76. The molecule has 0 bridgehead atoms. The molecule has 0 saturated heterocycles. The molecule has 0 aliphatic heterocycles. The molecule has 3 aromatic rings. The number of rotatable bonds is 9. The number of carbonyl (C=O) groups is 1. The molecule has 2 N–H and O–H groups in total. The Labute approximate surface area is 214 Å². The highest BCUT2D eigenvalue weighted by molar-refractivity contribution is 5.71. The van der Waals surface area contributed by atoms with Crippen LogP contribution in [0, 0.1) is 12.8 Å². The van der Waals surface area contributed by atoms with Crippen LogP contribution in [-0.4, -0.2) is 33.0 Å². The fraction of sp³-hybridized carbons (Fsp3) is 0.333. The second kappa shape index (κ2) is 11.6. The molecule has 0 radical (unpaired) electrons. The van der Waals surface area contributed by atoms with Crippen molar-refractivity contribution in [2.24, 2.45) is 10.9 Å². The first-order valence-electron chi connectivity index (χ1n) is 11.9. The van der Waals surface area contributed by atoms with Crippen molar-refractivity contribution in [3.8, 4) is 5.75 Å². The van der Waals surface area contributed by atoms with E-state index in [4.69, 9.17) is 15.3 Å². The van der Waals surface area contributed by atoms with Crippen LogP contribution in [0.2, 0.25) is 0 Å². The average Bonchev–Trinajstić information content (AvgIpc) is 2.88. The van der Waals surface area contributed by atoms with Crippen LogP contribution in [0.15, 0.2) is 63.6 Å². The van der Waals surface area contributed by atoms with Gasteiger partial charge in [-0.2, -0.15) is 4.68 Å². The third kappa shape index (κ3) is 6.27. The molecule has 37 heavy (non-hydrogen) atoms. The lowest BCUT2D eigenvalue weighted by Crippen LogP contribution is -2.58. The number of esters is 1. The monoisotopic (exact) mass is 507 g/mol. The molecule has 3 rings (SSSR count). The second-order valence-corrected chi connectivity index (χ2v) is 9.03. The number of methoxy groups -OCH3 is 1. The predicted octanol–water partition coefficient (Wildman–Crippen LogP) is 2.35. The van der Waals surface area contributed by atoms with Crippen molar-refractivity contribution in [3.05, 3.63) is 92.3 Å². The summed E-state index contributed by atoms with van der Waals surface area (Å²) in [6.45, 7) is 11.0. The van der Waals surface area contributed by atoms with Gasteiger partial charge in [0.05, 0.1) is 31.4 Å². The number of aryl methyl sites for hydroxylation is 1. The van der Waals surface area contributed by atoms with Crippen LogP contribution in [0.5, 0.6) is 5.75 Å². The maximum Gasteiger partial charge on any atom is 0.353 e. The number of aromatic nitrogens is 3. The number of ether oxygens (including phenoxy) is 2. The van der Waals surface area contributed by atoms with Gasteiger partial charge in [0.2, 0.25) is 5.62 Å². The molecule has 0 amide bonds. The van der Waals surface area contributed by atoms with E-state index in [1.807, 2.05) is 45.0 Å². The summed E-state index contributed by atoms with van der Waals surface area (Å²) in [7, 11) is 1.25. The molecular formula is C27H33N5O5. The van der Waals surface area contributed by atoms with Gasteiger partial charge in [-0.1, -0.05) is 43.8 Å². The summed E-state index contributed by atoms with van der Waals surface area (Å²) in [5.74, 6) is 5.62. The molecule has 0 aliphatic rings. The summed E-state index contributed by atoms with van der Waals surface area (Å²) in [6.07, 6.45) is 1.72. The smallest absolute Gasteiger partial charge is 0.353 e. The Morgan fingerprint density at radius 1 is 1.08 bits per heavy atom. The van der Waals surface area contributed by atoms with Crippen LogP contribution in [-0.2, 0) is 22.6 Å².